The smallest absolute Gasteiger partial charge is 0.258 e. The number of hydrogen-bond acceptors (Lipinski definition) is 7. The van der Waals surface area contributed by atoms with Gasteiger partial charge in [-0.1, -0.05) is 11.6 Å². The molecule has 12 heteroatoms. The summed E-state index contributed by atoms with van der Waals surface area (Å²) in [4.78, 5) is 27.8. The summed E-state index contributed by atoms with van der Waals surface area (Å²) in [7, 11) is -2.34. The lowest BCUT2D eigenvalue weighted by molar-refractivity contribution is 0.0730. The van der Waals surface area contributed by atoms with Gasteiger partial charge in [0.25, 0.3) is 11.8 Å². The number of methoxy groups -OCH3 is 1. The van der Waals surface area contributed by atoms with Crippen molar-refractivity contribution < 1.29 is 27.5 Å². The summed E-state index contributed by atoms with van der Waals surface area (Å²) >= 11 is 7.66. The normalized spacial score (nSPS) is 15.8. The Morgan fingerprint density at radius 2 is 1.72 bits per heavy atom. The van der Waals surface area contributed by atoms with Gasteiger partial charge >= 0.3 is 0 Å². The largest absolute Gasteiger partial charge is 0.497 e. The van der Waals surface area contributed by atoms with Gasteiger partial charge in [-0.05, 0) is 73.7 Å². The van der Waals surface area contributed by atoms with Crippen LogP contribution in [0.2, 0.25) is 5.02 Å². The Kier molecular flexibility index (Phi) is 8.24. The number of carbonyl (C=O) groups excluding carboxylic acids is 2. The van der Waals surface area contributed by atoms with Crippen LogP contribution in [0.15, 0.2) is 47.4 Å². The highest BCUT2D eigenvalue weighted by Gasteiger charge is 2.30. The minimum absolute atomic E-state index is 0.0317. The van der Waals surface area contributed by atoms with E-state index in [1.807, 2.05) is 0 Å². The summed E-state index contributed by atoms with van der Waals surface area (Å²) in [6.45, 7) is 1.01. The molecule has 2 N–H and O–H groups in total. The van der Waals surface area contributed by atoms with E-state index in [-0.39, 0.29) is 34.5 Å². The van der Waals surface area contributed by atoms with Crippen LogP contribution in [-0.2, 0) is 27.6 Å². The molecule has 1 aliphatic carbocycles. The van der Waals surface area contributed by atoms with Gasteiger partial charge in [-0.3, -0.25) is 9.59 Å². The van der Waals surface area contributed by atoms with Crippen molar-refractivity contribution in [2.45, 2.75) is 30.6 Å². The SMILES string of the molecule is COc1ccc(NC(=O)c2c(NC(=O)c3ccc(Cl)c(S(=O)(=O)N4CCOCC4)c3)sc3c2CCCC3)cc1. The van der Waals surface area contributed by atoms with Gasteiger partial charge in [0, 0.05) is 29.2 Å². The van der Waals surface area contributed by atoms with E-state index in [0.717, 1.165) is 36.1 Å². The lowest BCUT2D eigenvalue weighted by Crippen LogP contribution is -2.40. The highest BCUT2D eigenvalue weighted by atomic mass is 35.5. The quantitative estimate of drug-likeness (QED) is 0.409. The number of rotatable bonds is 7. The average molecular weight is 590 g/mol. The molecule has 0 atom stereocenters. The van der Waals surface area contributed by atoms with Crippen molar-refractivity contribution in [3.63, 3.8) is 0 Å². The van der Waals surface area contributed by atoms with Gasteiger partial charge in [-0.25, -0.2) is 8.42 Å². The third-order valence-corrected chi connectivity index (χ3v) is 10.3. The molecule has 0 saturated carbocycles. The molecule has 0 bridgehead atoms. The molecule has 0 radical (unpaired) electrons. The van der Waals surface area contributed by atoms with Gasteiger partial charge in [0.15, 0.2) is 0 Å². The van der Waals surface area contributed by atoms with Gasteiger partial charge < -0.3 is 20.1 Å². The number of thiophene rings is 1. The molecule has 1 fully saturated rings. The summed E-state index contributed by atoms with van der Waals surface area (Å²) in [5, 5.41) is 6.26. The first kappa shape index (κ1) is 27.6. The summed E-state index contributed by atoms with van der Waals surface area (Å²) in [5.74, 6) is -0.171. The molecule has 3 aromatic rings. The lowest BCUT2D eigenvalue weighted by atomic mass is 9.95. The average Bonchev–Trinajstić information content (AvgIpc) is 3.32. The number of benzene rings is 2. The van der Waals surface area contributed by atoms with Gasteiger partial charge in [-0.15, -0.1) is 11.3 Å². The van der Waals surface area contributed by atoms with E-state index in [2.05, 4.69) is 10.6 Å². The second-order valence-corrected chi connectivity index (χ2v) is 12.6. The Hall–Kier alpha value is -2.96. The molecule has 2 aromatic carbocycles. The molecule has 0 unspecified atom stereocenters. The monoisotopic (exact) mass is 589 g/mol. The van der Waals surface area contributed by atoms with Crippen LogP contribution < -0.4 is 15.4 Å². The van der Waals surface area contributed by atoms with Crippen molar-refractivity contribution in [3.05, 3.63) is 69.1 Å². The fourth-order valence-electron chi connectivity index (χ4n) is 4.71. The van der Waals surface area contributed by atoms with Crippen molar-refractivity contribution >= 4 is 55.5 Å². The fraction of sp³-hybridized carbons (Fsp3) is 0.333. The van der Waals surface area contributed by atoms with Gasteiger partial charge in [0.05, 0.1) is 30.9 Å². The van der Waals surface area contributed by atoms with Crippen LogP contribution in [-0.4, -0.2) is 58.0 Å². The van der Waals surface area contributed by atoms with Crippen LogP contribution in [0.3, 0.4) is 0 Å². The maximum Gasteiger partial charge on any atom is 0.258 e. The first-order valence-corrected chi connectivity index (χ1v) is 15.2. The van der Waals surface area contributed by atoms with Crippen molar-refractivity contribution in [3.8, 4) is 5.75 Å². The minimum atomic E-state index is -3.91. The van der Waals surface area contributed by atoms with Gasteiger partial charge in [-0.2, -0.15) is 4.31 Å². The van der Waals surface area contributed by atoms with Gasteiger partial charge in [0.1, 0.15) is 15.6 Å². The maximum absolute atomic E-state index is 13.4. The summed E-state index contributed by atoms with van der Waals surface area (Å²) < 4.78 is 38.2. The van der Waals surface area contributed by atoms with Crippen LogP contribution in [0.5, 0.6) is 5.75 Å². The third-order valence-electron chi connectivity index (χ3n) is 6.75. The molecule has 2 heterocycles. The van der Waals surface area contributed by atoms with Crippen molar-refractivity contribution in [2.24, 2.45) is 0 Å². The number of sulfonamides is 1. The zero-order chi connectivity index (χ0) is 27.6. The molecule has 5 rings (SSSR count). The number of nitrogens with one attached hydrogen (secondary N) is 2. The molecule has 2 amide bonds. The van der Waals surface area contributed by atoms with E-state index in [1.54, 1.807) is 31.4 Å². The molecule has 206 valence electrons. The number of hydrogen-bond donors (Lipinski definition) is 2. The molecular weight excluding hydrogens is 562 g/mol. The zero-order valence-corrected chi connectivity index (χ0v) is 23.7. The summed E-state index contributed by atoms with van der Waals surface area (Å²) in [5.41, 5.74) is 2.11. The standard InChI is InChI=1S/C27H28ClN3O6S2/c1-36-19-9-7-18(8-10-19)29-26(33)24-20-4-2-3-5-22(20)38-27(24)30-25(32)17-6-11-21(28)23(16-17)39(34,35)31-12-14-37-15-13-31/h6-11,16H,2-5,12-15H2,1H3,(H,29,33)(H,30,32). The molecule has 9 nitrogen and oxygen atoms in total. The number of aryl methyl sites for hydroxylation is 1. The highest BCUT2D eigenvalue weighted by molar-refractivity contribution is 7.89. The number of morpholine rings is 1. The number of halogens is 1. The van der Waals surface area contributed by atoms with Crippen LogP contribution in [0.25, 0.3) is 0 Å². The second kappa shape index (κ2) is 11.6. The molecule has 2 aliphatic rings. The van der Waals surface area contributed by atoms with E-state index in [9.17, 15) is 18.0 Å². The molecule has 0 spiro atoms. The van der Waals surface area contributed by atoms with E-state index in [1.165, 1.54) is 33.8 Å². The number of ether oxygens (including phenoxy) is 2. The topological polar surface area (TPSA) is 114 Å². The Labute approximate surface area is 236 Å². The first-order chi connectivity index (χ1) is 18.8. The number of anilines is 2. The number of carbonyl (C=O) groups is 2. The van der Waals surface area contributed by atoms with Crippen molar-refractivity contribution in [1.29, 1.82) is 0 Å². The molecule has 1 saturated heterocycles. The van der Waals surface area contributed by atoms with E-state index in [4.69, 9.17) is 21.1 Å². The number of nitrogens with zero attached hydrogens (tertiary/aromatic N) is 1. The Bertz CT molecular complexity index is 1500. The molecule has 1 aliphatic heterocycles. The molecule has 1 aromatic heterocycles. The molecular formula is C27H28ClN3O6S2. The number of amides is 2. The predicted molar refractivity (Wildman–Crippen MR) is 151 cm³/mol. The summed E-state index contributed by atoms with van der Waals surface area (Å²) in [6, 6.07) is 11.2. The lowest BCUT2D eigenvalue weighted by Gasteiger charge is -2.26. The molecule has 39 heavy (non-hydrogen) atoms. The minimum Gasteiger partial charge on any atom is -0.497 e. The first-order valence-electron chi connectivity index (χ1n) is 12.6. The van der Waals surface area contributed by atoms with Crippen LogP contribution in [0.4, 0.5) is 10.7 Å². The van der Waals surface area contributed by atoms with E-state index in [0.29, 0.717) is 35.2 Å². The van der Waals surface area contributed by atoms with Crippen LogP contribution in [0, 0.1) is 0 Å². The zero-order valence-electron chi connectivity index (χ0n) is 21.3. The predicted octanol–water partition coefficient (Wildman–Crippen LogP) is 4.81. The Morgan fingerprint density at radius 1 is 1.00 bits per heavy atom. The van der Waals surface area contributed by atoms with Crippen molar-refractivity contribution in [1.82, 2.24) is 4.31 Å². The Morgan fingerprint density at radius 3 is 2.44 bits per heavy atom. The number of fused-ring (bicyclic) bond motifs is 1. The fourth-order valence-corrected chi connectivity index (χ4v) is 7.90. The van der Waals surface area contributed by atoms with Crippen molar-refractivity contribution in [2.75, 3.05) is 44.0 Å². The van der Waals surface area contributed by atoms with E-state index < -0.39 is 15.9 Å². The highest BCUT2D eigenvalue weighted by Crippen LogP contribution is 2.39. The summed E-state index contributed by atoms with van der Waals surface area (Å²) in [6.07, 6.45) is 3.55. The van der Waals surface area contributed by atoms with E-state index >= 15 is 0 Å². The van der Waals surface area contributed by atoms with Crippen LogP contribution >= 0.6 is 22.9 Å². The Balaban J connectivity index is 1.42. The maximum atomic E-state index is 13.4. The second-order valence-electron chi connectivity index (χ2n) is 9.21. The van der Waals surface area contributed by atoms with Gasteiger partial charge in [0.2, 0.25) is 10.0 Å². The third kappa shape index (κ3) is 5.82. The van der Waals surface area contributed by atoms with Crippen LogP contribution in [0.1, 0.15) is 44.0 Å².